The molecule has 0 aromatic heterocycles. The molecular formula is C35H44F2N4O5. The summed E-state index contributed by atoms with van der Waals surface area (Å²) in [5, 5.41) is 17.8. The number of nitrogens with one attached hydrogen (secondary N) is 2. The highest BCUT2D eigenvalue weighted by Crippen LogP contribution is 2.21. The first-order chi connectivity index (χ1) is 22.1. The van der Waals surface area contributed by atoms with Gasteiger partial charge in [0.2, 0.25) is 17.7 Å². The number of hydrogen-bond acceptors (Lipinski definition) is 6. The van der Waals surface area contributed by atoms with Crippen LogP contribution in [0, 0.1) is 11.6 Å². The Labute approximate surface area is 268 Å². The second-order valence-electron chi connectivity index (χ2n) is 11.9. The third-order valence-corrected chi connectivity index (χ3v) is 8.37. The molecule has 0 spiro atoms. The van der Waals surface area contributed by atoms with E-state index in [-0.39, 0.29) is 44.5 Å². The highest BCUT2D eigenvalue weighted by Gasteiger charge is 2.36. The van der Waals surface area contributed by atoms with Gasteiger partial charge in [0.25, 0.3) is 0 Å². The van der Waals surface area contributed by atoms with Gasteiger partial charge in [-0.3, -0.25) is 14.4 Å². The summed E-state index contributed by atoms with van der Waals surface area (Å²) in [6.45, 7) is 4.52. The molecule has 0 bridgehead atoms. The number of nitrogens with zero attached hydrogens (tertiary/aromatic N) is 2. The number of halogens is 2. The van der Waals surface area contributed by atoms with Crippen LogP contribution in [-0.2, 0) is 32.0 Å². The van der Waals surface area contributed by atoms with E-state index in [9.17, 15) is 28.3 Å². The monoisotopic (exact) mass is 638 g/mol. The molecule has 3 aromatic rings. The van der Waals surface area contributed by atoms with E-state index in [1.165, 1.54) is 29.8 Å². The van der Waals surface area contributed by atoms with Crippen LogP contribution in [0.2, 0.25) is 0 Å². The number of likely N-dealkylation sites (N-methyl/N-ethyl adjacent to an activating group) is 2. The number of benzene rings is 3. The summed E-state index contributed by atoms with van der Waals surface area (Å²) in [5.74, 6) is -3.53. The molecule has 0 unspecified atom stereocenters. The SMILES string of the molecule is CCN(C(=O)COC[C@H]1CCCN1)[C@H](Cc1ccc2ccccc2c1)C(=O)N(C)[C@H](Cc1ccc(F)c(F)c1)C(=O)NC[C@@H](C)O. The predicted octanol–water partition coefficient (Wildman–Crippen LogP) is 3.21. The van der Waals surface area contributed by atoms with Gasteiger partial charge in [-0.25, -0.2) is 8.78 Å². The number of ether oxygens (including phenoxy) is 1. The molecule has 46 heavy (non-hydrogen) atoms. The lowest BCUT2D eigenvalue weighted by molar-refractivity contribution is -0.150. The van der Waals surface area contributed by atoms with Gasteiger partial charge in [-0.1, -0.05) is 48.5 Å². The predicted molar refractivity (Wildman–Crippen MR) is 172 cm³/mol. The van der Waals surface area contributed by atoms with Crippen LogP contribution >= 0.6 is 0 Å². The molecular weight excluding hydrogens is 594 g/mol. The van der Waals surface area contributed by atoms with Gasteiger partial charge in [0.15, 0.2) is 11.6 Å². The first-order valence-electron chi connectivity index (χ1n) is 15.8. The fourth-order valence-corrected chi connectivity index (χ4v) is 5.81. The topological polar surface area (TPSA) is 111 Å². The van der Waals surface area contributed by atoms with E-state index >= 15 is 0 Å². The van der Waals surface area contributed by atoms with Crippen molar-refractivity contribution in [3.8, 4) is 0 Å². The molecule has 0 saturated carbocycles. The number of hydrogen-bond donors (Lipinski definition) is 3. The minimum Gasteiger partial charge on any atom is -0.392 e. The van der Waals surface area contributed by atoms with E-state index in [0.29, 0.717) is 12.2 Å². The lowest BCUT2D eigenvalue weighted by atomic mass is 9.98. The molecule has 11 heteroatoms. The number of fused-ring (bicyclic) bond motifs is 1. The fourth-order valence-electron chi connectivity index (χ4n) is 5.81. The van der Waals surface area contributed by atoms with Crippen LogP contribution in [-0.4, -0.2) is 96.8 Å². The van der Waals surface area contributed by atoms with Crippen LogP contribution in [0.5, 0.6) is 0 Å². The normalized spacial score (nSPS) is 16.5. The zero-order valence-electron chi connectivity index (χ0n) is 26.7. The van der Waals surface area contributed by atoms with Gasteiger partial charge in [0, 0.05) is 39.0 Å². The van der Waals surface area contributed by atoms with Crippen LogP contribution in [0.15, 0.2) is 60.7 Å². The Hall–Kier alpha value is -3.93. The van der Waals surface area contributed by atoms with Crippen molar-refractivity contribution in [2.75, 3.05) is 39.9 Å². The lowest BCUT2D eigenvalue weighted by Crippen LogP contribution is -2.57. The molecule has 4 rings (SSSR count). The largest absolute Gasteiger partial charge is 0.392 e. The van der Waals surface area contributed by atoms with Crippen molar-refractivity contribution in [2.24, 2.45) is 0 Å². The second kappa shape index (κ2) is 16.6. The maximum absolute atomic E-state index is 14.4. The molecule has 1 fully saturated rings. The van der Waals surface area contributed by atoms with E-state index in [4.69, 9.17) is 4.74 Å². The summed E-state index contributed by atoms with van der Waals surface area (Å²) in [5.41, 5.74) is 1.13. The molecule has 0 radical (unpaired) electrons. The maximum atomic E-state index is 14.4. The van der Waals surface area contributed by atoms with Gasteiger partial charge in [-0.2, -0.15) is 0 Å². The quantitative estimate of drug-likeness (QED) is 0.236. The summed E-state index contributed by atoms with van der Waals surface area (Å²) in [6, 6.07) is 15.0. The Bertz CT molecular complexity index is 1500. The smallest absolute Gasteiger partial charge is 0.249 e. The third kappa shape index (κ3) is 9.31. The number of carbonyl (C=O) groups is 3. The lowest BCUT2D eigenvalue weighted by Gasteiger charge is -2.36. The van der Waals surface area contributed by atoms with Gasteiger partial charge in [0.1, 0.15) is 18.7 Å². The molecule has 1 saturated heterocycles. The van der Waals surface area contributed by atoms with Crippen LogP contribution in [0.25, 0.3) is 10.8 Å². The number of aliphatic hydroxyl groups excluding tert-OH is 1. The summed E-state index contributed by atoms with van der Waals surface area (Å²) < 4.78 is 33.6. The Kier molecular flexibility index (Phi) is 12.6. The van der Waals surface area contributed by atoms with Crippen LogP contribution in [0.4, 0.5) is 8.78 Å². The fraction of sp³-hybridized carbons (Fsp3) is 0.457. The van der Waals surface area contributed by atoms with E-state index < -0.39 is 41.6 Å². The van der Waals surface area contributed by atoms with Crippen molar-refractivity contribution < 1.29 is 33.0 Å². The zero-order valence-corrected chi connectivity index (χ0v) is 26.7. The van der Waals surface area contributed by atoms with Crippen molar-refractivity contribution in [1.29, 1.82) is 0 Å². The first-order valence-corrected chi connectivity index (χ1v) is 15.8. The number of rotatable bonds is 15. The van der Waals surface area contributed by atoms with Gasteiger partial charge < -0.3 is 30.3 Å². The molecule has 3 aromatic carbocycles. The Morgan fingerprint density at radius 3 is 2.37 bits per heavy atom. The van der Waals surface area contributed by atoms with Crippen molar-refractivity contribution in [3.05, 3.63) is 83.4 Å². The average molecular weight is 639 g/mol. The highest BCUT2D eigenvalue weighted by atomic mass is 19.2. The Morgan fingerprint density at radius 2 is 1.70 bits per heavy atom. The standard InChI is InChI=1S/C35H44F2N4O5/c1-4-41(33(43)22-46-21-28-10-7-15-38-28)32(19-24-11-13-26-8-5-6-9-27(26)16-24)35(45)40(3)31(34(44)39-20-23(2)42)18-25-12-14-29(36)30(37)17-25/h5-6,8-9,11-14,16-17,23,28,31-32,38,42H,4,7,10,15,18-22H2,1-3H3,(H,39,44)/t23-,28-,31-,32-/m1/s1. The van der Waals surface area contributed by atoms with Crippen molar-refractivity contribution in [3.63, 3.8) is 0 Å². The van der Waals surface area contributed by atoms with E-state index in [1.807, 2.05) is 42.5 Å². The number of carbonyl (C=O) groups excluding carboxylic acids is 3. The van der Waals surface area contributed by atoms with Crippen molar-refractivity contribution in [1.82, 2.24) is 20.4 Å². The minimum absolute atomic E-state index is 0.0670. The highest BCUT2D eigenvalue weighted by molar-refractivity contribution is 5.93. The molecule has 1 aliphatic heterocycles. The van der Waals surface area contributed by atoms with Crippen LogP contribution in [0.3, 0.4) is 0 Å². The van der Waals surface area contributed by atoms with Gasteiger partial charge in [-0.15, -0.1) is 0 Å². The van der Waals surface area contributed by atoms with E-state index in [2.05, 4.69) is 10.6 Å². The Balaban J connectivity index is 1.63. The van der Waals surface area contributed by atoms with Gasteiger partial charge in [0.05, 0.1) is 12.7 Å². The average Bonchev–Trinajstić information content (AvgIpc) is 3.57. The molecule has 248 valence electrons. The van der Waals surface area contributed by atoms with E-state index in [0.717, 1.165) is 47.9 Å². The van der Waals surface area contributed by atoms with Crippen LogP contribution < -0.4 is 10.6 Å². The molecule has 4 atom stereocenters. The third-order valence-electron chi connectivity index (χ3n) is 8.37. The molecule has 1 aliphatic rings. The summed E-state index contributed by atoms with van der Waals surface area (Å²) in [4.78, 5) is 44.1. The minimum atomic E-state index is -1.14. The summed E-state index contributed by atoms with van der Waals surface area (Å²) in [7, 11) is 1.46. The van der Waals surface area contributed by atoms with Crippen LogP contribution in [0.1, 0.15) is 37.8 Å². The van der Waals surface area contributed by atoms with Gasteiger partial charge in [-0.05, 0) is 67.3 Å². The molecule has 3 N–H and O–H groups in total. The molecule has 1 heterocycles. The summed E-state index contributed by atoms with van der Waals surface area (Å²) >= 11 is 0. The zero-order chi connectivity index (χ0) is 33.2. The maximum Gasteiger partial charge on any atom is 0.249 e. The van der Waals surface area contributed by atoms with Crippen molar-refractivity contribution in [2.45, 2.75) is 63.8 Å². The number of amides is 3. The van der Waals surface area contributed by atoms with Crippen molar-refractivity contribution >= 4 is 28.5 Å². The Morgan fingerprint density at radius 1 is 1.00 bits per heavy atom. The summed E-state index contributed by atoms with van der Waals surface area (Å²) in [6.07, 6.45) is 1.22. The molecule has 0 aliphatic carbocycles. The van der Waals surface area contributed by atoms with Gasteiger partial charge >= 0.3 is 0 Å². The first kappa shape index (κ1) is 34.9. The molecule has 9 nitrogen and oxygen atoms in total. The van der Waals surface area contributed by atoms with E-state index in [1.54, 1.807) is 6.92 Å². The number of aliphatic hydroxyl groups is 1. The second-order valence-corrected chi connectivity index (χ2v) is 11.9. The molecule has 3 amide bonds.